The van der Waals surface area contributed by atoms with Crippen LogP contribution in [0.25, 0.3) is 0 Å². The van der Waals surface area contributed by atoms with E-state index in [4.69, 9.17) is 21.7 Å². The zero-order valence-corrected chi connectivity index (χ0v) is 18.8. The summed E-state index contributed by atoms with van der Waals surface area (Å²) >= 11 is 0. The van der Waals surface area contributed by atoms with E-state index in [0.717, 1.165) is 0 Å². The van der Waals surface area contributed by atoms with E-state index in [1.54, 1.807) is 0 Å². The van der Waals surface area contributed by atoms with E-state index in [1.165, 1.54) is 13.8 Å². The van der Waals surface area contributed by atoms with Crippen molar-refractivity contribution in [1.82, 2.24) is 16.0 Å². The van der Waals surface area contributed by atoms with Crippen LogP contribution in [0.4, 0.5) is 0 Å². The zero-order chi connectivity index (χ0) is 26.6. The minimum absolute atomic E-state index is 0.169. The summed E-state index contributed by atoms with van der Waals surface area (Å²) in [5.41, 5.74) is 10.6. The van der Waals surface area contributed by atoms with E-state index in [0.29, 0.717) is 0 Å². The summed E-state index contributed by atoms with van der Waals surface area (Å²) < 4.78 is 0. The minimum atomic E-state index is -1.70. The molecule has 0 aromatic rings. The number of rotatable bonds is 16. The Hall–Kier alpha value is -3.75. The summed E-state index contributed by atoms with van der Waals surface area (Å²) in [5.74, 6) is -8.51. The molecule has 15 heteroatoms. The van der Waals surface area contributed by atoms with Crippen molar-refractivity contribution in [1.29, 1.82) is 0 Å². The van der Waals surface area contributed by atoms with Crippen LogP contribution in [0.2, 0.25) is 0 Å². The van der Waals surface area contributed by atoms with E-state index in [9.17, 15) is 38.7 Å². The number of hydrogen-bond acceptors (Lipinski definition) is 8. The average molecular weight is 489 g/mol. The Balaban J connectivity index is 5.56. The third kappa shape index (κ3) is 11.8. The third-order valence-corrected chi connectivity index (χ3v) is 4.56. The molecule has 0 saturated carbocycles. The summed E-state index contributed by atoms with van der Waals surface area (Å²) in [5, 5.41) is 33.7. The van der Waals surface area contributed by atoms with Gasteiger partial charge in [0.25, 0.3) is 0 Å². The Morgan fingerprint density at radius 2 is 1.26 bits per heavy atom. The molecule has 15 nitrogen and oxygen atoms in total. The molecular formula is C19H31N5O10. The number of nitrogens with one attached hydrogen (secondary N) is 3. The summed E-state index contributed by atoms with van der Waals surface area (Å²) in [6.07, 6.45) is -2.33. The van der Waals surface area contributed by atoms with Gasteiger partial charge in [-0.3, -0.25) is 28.8 Å². The lowest BCUT2D eigenvalue weighted by Crippen LogP contribution is -2.58. The zero-order valence-electron chi connectivity index (χ0n) is 18.8. The molecule has 0 spiro atoms. The average Bonchev–Trinajstić information content (AvgIpc) is 2.70. The molecule has 0 aliphatic rings. The maximum absolute atomic E-state index is 12.7. The number of carbonyl (C=O) groups excluding carboxylic acids is 4. The number of carbonyl (C=O) groups is 7. The van der Waals surface area contributed by atoms with Crippen LogP contribution < -0.4 is 27.4 Å². The molecular weight excluding hydrogens is 458 g/mol. The van der Waals surface area contributed by atoms with Crippen molar-refractivity contribution in [2.75, 3.05) is 0 Å². The first kappa shape index (κ1) is 30.2. The van der Waals surface area contributed by atoms with Gasteiger partial charge in [0, 0.05) is 12.8 Å². The first-order valence-corrected chi connectivity index (χ1v) is 10.3. The van der Waals surface area contributed by atoms with Gasteiger partial charge in [0.05, 0.1) is 12.5 Å². The van der Waals surface area contributed by atoms with Gasteiger partial charge in [-0.05, 0) is 18.8 Å². The number of carboxylic acid groups (broad SMARTS) is 3. The van der Waals surface area contributed by atoms with Gasteiger partial charge in [0.2, 0.25) is 23.6 Å². The lowest BCUT2D eigenvalue weighted by atomic mass is 10.0. The Morgan fingerprint density at radius 3 is 1.71 bits per heavy atom. The fraction of sp³-hybridized carbons (Fsp3) is 0.632. The molecule has 0 aliphatic heterocycles. The van der Waals surface area contributed by atoms with Crippen molar-refractivity contribution in [2.45, 2.75) is 70.1 Å². The monoisotopic (exact) mass is 489 g/mol. The predicted molar refractivity (Wildman–Crippen MR) is 114 cm³/mol. The highest BCUT2D eigenvalue weighted by Gasteiger charge is 2.32. The fourth-order valence-electron chi connectivity index (χ4n) is 2.67. The summed E-state index contributed by atoms with van der Waals surface area (Å²) in [4.78, 5) is 81.7. The Labute approximate surface area is 194 Å². The predicted octanol–water partition coefficient (Wildman–Crippen LogP) is -2.89. The SMILES string of the molecule is CC(C)C(NC(=O)C(CCC(=O)O)NC(=O)C(CC(=O)O)NC(=O)C(N)CCC(N)=O)C(=O)O. The van der Waals surface area contributed by atoms with Crippen molar-refractivity contribution in [2.24, 2.45) is 17.4 Å². The maximum atomic E-state index is 12.7. The molecule has 0 aliphatic carbocycles. The largest absolute Gasteiger partial charge is 0.481 e. The van der Waals surface area contributed by atoms with Gasteiger partial charge in [-0.1, -0.05) is 13.8 Å². The van der Waals surface area contributed by atoms with Gasteiger partial charge in [0.1, 0.15) is 18.1 Å². The van der Waals surface area contributed by atoms with Gasteiger partial charge < -0.3 is 42.7 Å². The van der Waals surface area contributed by atoms with Gasteiger partial charge in [-0.15, -0.1) is 0 Å². The third-order valence-electron chi connectivity index (χ3n) is 4.56. The molecule has 10 N–H and O–H groups in total. The van der Waals surface area contributed by atoms with Crippen LogP contribution in [-0.2, 0) is 33.6 Å². The number of hydrogen-bond donors (Lipinski definition) is 8. The van der Waals surface area contributed by atoms with Crippen LogP contribution in [-0.4, -0.2) is 81.0 Å². The van der Waals surface area contributed by atoms with E-state index >= 15 is 0 Å². The Kier molecular flexibility index (Phi) is 12.8. The summed E-state index contributed by atoms with van der Waals surface area (Å²) in [6, 6.07) is -5.87. The first-order chi connectivity index (χ1) is 15.6. The van der Waals surface area contributed by atoms with E-state index in [2.05, 4.69) is 16.0 Å². The number of nitrogens with two attached hydrogens (primary N) is 2. The molecule has 0 rings (SSSR count). The fourth-order valence-corrected chi connectivity index (χ4v) is 2.67. The molecule has 0 aromatic heterocycles. The second-order valence-corrected chi connectivity index (χ2v) is 7.83. The normalized spacial score (nSPS) is 14.2. The molecule has 4 unspecified atom stereocenters. The van der Waals surface area contributed by atoms with Gasteiger partial charge in [-0.2, -0.15) is 0 Å². The topological polar surface area (TPSA) is 268 Å². The quantitative estimate of drug-likeness (QED) is 0.109. The highest BCUT2D eigenvalue weighted by Crippen LogP contribution is 2.06. The van der Waals surface area contributed by atoms with Crippen LogP contribution in [0.3, 0.4) is 0 Å². The van der Waals surface area contributed by atoms with Gasteiger partial charge >= 0.3 is 17.9 Å². The Bertz CT molecular complexity index is 800. The van der Waals surface area contributed by atoms with Crippen molar-refractivity contribution >= 4 is 41.5 Å². The summed E-state index contributed by atoms with van der Waals surface area (Å²) in [6.45, 7) is 3.04. The molecule has 0 saturated heterocycles. The second kappa shape index (κ2) is 14.4. The highest BCUT2D eigenvalue weighted by molar-refractivity contribution is 5.95. The molecule has 0 fully saturated rings. The molecule has 4 atom stereocenters. The van der Waals surface area contributed by atoms with Crippen LogP contribution in [0.15, 0.2) is 0 Å². The smallest absolute Gasteiger partial charge is 0.326 e. The van der Waals surface area contributed by atoms with Crippen molar-refractivity contribution in [3.05, 3.63) is 0 Å². The number of carboxylic acids is 3. The van der Waals surface area contributed by atoms with Crippen LogP contribution >= 0.6 is 0 Å². The van der Waals surface area contributed by atoms with Crippen LogP contribution in [0.5, 0.6) is 0 Å². The molecule has 0 bridgehead atoms. The molecule has 0 radical (unpaired) electrons. The maximum Gasteiger partial charge on any atom is 0.326 e. The molecule has 4 amide bonds. The molecule has 34 heavy (non-hydrogen) atoms. The highest BCUT2D eigenvalue weighted by atomic mass is 16.4. The summed E-state index contributed by atoms with van der Waals surface area (Å²) in [7, 11) is 0. The van der Waals surface area contributed by atoms with E-state index < -0.39 is 90.9 Å². The van der Waals surface area contributed by atoms with Gasteiger partial charge in [0.15, 0.2) is 0 Å². The lowest BCUT2D eigenvalue weighted by Gasteiger charge is -2.25. The van der Waals surface area contributed by atoms with Crippen molar-refractivity contribution in [3.63, 3.8) is 0 Å². The van der Waals surface area contributed by atoms with Gasteiger partial charge in [-0.25, -0.2) is 4.79 Å². The van der Waals surface area contributed by atoms with Crippen LogP contribution in [0.1, 0.15) is 46.0 Å². The molecule has 0 aromatic carbocycles. The first-order valence-electron chi connectivity index (χ1n) is 10.3. The molecule has 0 heterocycles. The van der Waals surface area contributed by atoms with Crippen LogP contribution in [0, 0.1) is 5.92 Å². The minimum Gasteiger partial charge on any atom is -0.481 e. The Morgan fingerprint density at radius 1 is 0.735 bits per heavy atom. The number of primary amides is 1. The van der Waals surface area contributed by atoms with E-state index in [1.807, 2.05) is 0 Å². The lowest BCUT2D eigenvalue weighted by molar-refractivity contribution is -0.144. The van der Waals surface area contributed by atoms with Crippen molar-refractivity contribution < 1.29 is 48.9 Å². The number of amides is 4. The van der Waals surface area contributed by atoms with E-state index in [-0.39, 0.29) is 12.8 Å². The standard InChI is InChI=1S/C19H31N5O10/c1-8(2)15(19(33)34)24-17(31)10(4-6-13(26)27)22-18(32)11(7-14(28)29)23-16(30)9(20)3-5-12(21)25/h8-11,15H,3-7,20H2,1-2H3,(H2,21,25)(H,22,32)(H,23,30)(H,24,31)(H,26,27)(H,28,29)(H,33,34). The second-order valence-electron chi connectivity index (χ2n) is 7.83. The van der Waals surface area contributed by atoms with Crippen molar-refractivity contribution in [3.8, 4) is 0 Å². The number of aliphatic carboxylic acids is 3. The molecule has 192 valence electrons.